The van der Waals surface area contributed by atoms with Crippen LogP contribution in [0.3, 0.4) is 0 Å². The number of nitrogens with zero attached hydrogens (tertiary/aromatic N) is 1. The molecule has 3 rings (SSSR count). The summed E-state index contributed by atoms with van der Waals surface area (Å²) in [5.41, 5.74) is 3.47. The number of para-hydroxylation sites is 1. The van der Waals surface area contributed by atoms with Crippen LogP contribution in [0.15, 0.2) is 42.5 Å². The number of benzene rings is 2. The average molecular weight is 351 g/mol. The predicted molar refractivity (Wildman–Crippen MR) is 98.6 cm³/mol. The van der Waals surface area contributed by atoms with E-state index in [1.54, 1.807) is 41.3 Å². The minimum Gasteiger partial charge on any atom is -0.454 e. The Bertz CT molecular complexity index is 872. The van der Waals surface area contributed by atoms with E-state index in [0.29, 0.717) is 29.8 Å². The van der Waals surface area contributed by atoms with Crippen molar-refractivity contribution < 1.29 is 19.1 Å². The van der Waals surface area contributed by atoms with Gasteiger partial charge in [-0.1, -0.05) is 24.3 Å². The van der Waals surface area contributed by atoms with E-state index in [0.717, 1.165) is 17.5 Å². The molecule has 2 aromatic rings. The minimum atomic E-state index is -0.600. The second-order valence-electron chi connectivity index (χ2n) is 6.46. The zero-order chi connectivity index (χ0) is 18.7. The first-order valence-electron chi connectivity index (χ1n) is 8.64. The van der Waals surface area contributed by atoms with Gasteiger partial charge in [-0.05, 0) is 49.6 Å². The number of Topliss-reactive ketones (excluding diaryl/α,β-unsaturated/α-hetero) is 1. The van der Waals surface area contributed by atoms with E-state index in [2.05, 4.69) is 0 Å². The van der Waals surface area contributed by atoms with Gasteiger partial charge in [0.25, 0.3) is 0 Å². The lowest BCUT2D eigenvalue weighted by Gasteiger charge is -2.18. The van der Waals surface area contributed by atoms with Crippen molar-refractivity contribution in [3.05, 3.63) is 64.7 Å². The fourth-order valence-electron chi connectivity index (χ4n) is 2.99. The topological polar surface area (TPSA) is 63.7 Å². The van der Waals surface area contributed by atoms with Crippen LogP contribution < -0.4 is 4.90 Å². The Hall–Kier alpha value is -2.95. The highest BCUT2D eigenvalue weighted by molar-refractivity contribution is 6.05. The molecule has 0 unspecified atom stereocenters. The third kappa shape index (κ3) is 3.67. The Morgan fingerprint density at radius 1 is 1.08 bits per heavy atom. The Morgan fingerprint density at radius 3 is 2.54 bits per heavy atom. The van der Waals surface area contributed by atoms with E-state index >= 15 is 0 Å². The molecule has 0 saturated carbocycles. The Labute approximate surface area is 152 Å². The number of hydrogen-bond acceptors (Lipinski definition) is 4. The van der Waals surface area contributed by atoms with Crippen LogP contribution >= 0.6 is 0 Å². The van der Waals surface area contributed by atoms with Crippen LogP contribution in [-0.4, -0.2) is 30.8 Å². The lowest BCUT2D eigenvalue weighted by molar-refractivity contribution is -0.117. The van der Waals surface area contributed by atoms with Gasteiger partial charge in [0, 0.05) is 18.5 Å². The Balaban J connectivity index is 1.71. The molecule has 134 valence electrons. The van der Waals surface area contributed by atoms with Crippen molar-refractivity contribution in [3.63, 3.8) is 0 Å². The van der Waals surface area contributed by atoms with Crippen LogP contribution in [0.1, 0.15) is 44.7 Å². The number of hydrogen-bond donors (Lipinski definition) is 0. The van der Waals surface area contributed by atoms with Gasteiger partial charge in [0.1, 0.15) is 0 Å². The highest BCUT2D eigenvalue weighted by Crippen LogP contribution is 2.26. The van der Waals surface area contributed by atoms with Gasteiger partial charge in [0.05, 0.1) is 11.3 Å². The Morgan fingerprint density at radius 2 is 1.85 bits per heavy atom. The summed E-state index contributed by atoms with van der Waals surface area (Å²) in [5.74, 6) is -0.856. The van der Waals surface area contributed by atoms with Gasteiger partial charge in [-0.3, -0.25) is 9.59 Å². The molecule has 1 saturated heterocycles. The molecule has 26 heavy (non-hydrogen) atoms. The number of anilines is 1. The first kappa shape index (κ1) is 17.9. The lowest BCUT2D eigenvalue weighted by atomic mass is 10.0. The van der Waals surface area contributed by atoms with Gasteiger partial charge in [-0.25, -0.2) is 4.79 Å². The summed E-state index contributed by atoms with van der Waals surface area (Å²) in [6, 6.07) is 12.2. The van der Waals surface area contributed by atoms with Crippen molar-refractivity contribution in [1.29, 1.82) is 0 Å². The molecule has 0 radical (unpaired) electrons. The van der Waals surface area contributed by atoms with Crippen molar-refractivity contribution in [2.75, 3.05) is 18.1 Å². The molecule has 0 N–H and O–H groups in total. The first-order valence-corrected chi connectivity index (χ1v) is 8.64. The predicted octanol–water partition coefficient (Wildman–Crippen LogP) is 3.47. The molecule has 0 spiro atoms. The fraction of sp³-hybridized carbons (Fsp3) is 0.286. The maximum Gasteiger partial charge on any atom is 0.340 e. The molecule has 5 nitrogen and oxygen atoms in total. The van der Waals surface area contributed by atoms with E-state index in [9.17, 15) is 14.4 Å². The quantitative estimate of drug-likeness (QED) is 0.611. The standard InChI is InChI=1S/C21H21NO4/c1-14-9-10-16(12-15(14)2)19(23)13-26-21(25)17-6-3-4-7-18(17)22-11-5-8-20(22)24/h3-4,6-7,9-10,12H,5,8,11,13H2,1-2H3. The molecule has 1 aliphatic rings. The van der Waals surface area contributed by atoms with Crippen LogP contribution in [0.25, 0.3) is 0 Å². The van der Waals surface area contributed by atoms with E-state index < -0.39 is 5.97 Å². The van der Waals surface area contributed by atoms with Gasteiger partial charge in [0.2, 0.25) is 5.91 Å². The molecule has 1 fully saturated rings. The third-order valence-corrected chi connectivity index (χ3v) is 4.65. The number of aryl methyl sites for hydroxylation is 2. The minimum absolute atomic E-state index is 0.00328. The molecule has 1 heterocycles. The van der Waals surface area contributed by atoms with Crippen molar-refractivity contribution in [2.45, 2.75) is 26.7 Å². The largest absolute Gasteiger partial charge is 0.454 e. The molecule has 0 atom stereocenters. The summed E-state index contributed by atoms with van der Waals surface area (Å²) in [5, 5.41) is 0. The molecule has 0 aliphatic carbocycles. The summed E-state index contributed by atoms with van der Waals surface area (Å²) in [7, 11) is 0. The highest BCUT2D eigenvalue weighted by atomic mass is 16.5. The highest BCUT2D eigenvalue weighted by Gasteiger charge is 2.26. The molecule has 0 aromatic heterocycles. The molecule has 2 aromatic carbocycles. The van der Waals surface area contributed by atoms with Crippen molar-refractivity contribution in [3.8, 4) is 0 Å². The number of carbonyl (C=O) groups excluding carboxylic acids is 3. The zero-order valence-electron chi connectivity index (χ0n) is 15.0. The van der Waals surface area contributed by atoms with Gasteiger partial charge in [0.15, 0.2) is 12.4 Å². The summed E-state index contributed by atoms with van der Waals surface area (Å²) >= 11 is 0. The van der Waals surface area contributed by atoms with Crippen LogP contribution in [0.2, 0.25) is 0 Å². The number of amides is 1. The molecule has 1 amide bonds. The maximum absolute atomic E-state index is 12.5. The summed E-state index contributed by atoms with van der Waals surface area (Å²) in [6.07, 6.45) is 1.25. The molecular weight excluding hydrogens is 330 g/mol. The maximum atomic E-state index is 12.5. The van der Waals surface area contributed by atoms with Crippen molar-refractivity contribution in [2.24, 2.45) is 0 Å². The first-order chi connectivity index (χ1) is 12.5. The van der Waals surface area contributed by atoms with Crippen LogP contribution in [0.5, 0.6) is 0 Å². The second kappa shape index (κ2) is 7.52. The number of esters is 1. The van der Waals surface area contributed by atoms with E-state index in [1.165, 1.54) is 0 Å². The Kier molecular flexibility index (Phi) is 5.16. The van der Waals surface area contributed by atoms with Gasteiger partial charge in [-0.15, -0.1) is 0 Å². The van der Waals surface area contributed by atoms with Crippen molar-refractivity contribution >= 4 is 23.3 Å². The smallest absolute Gasteiger partial charge is 0.340 e. The third-order valence-electron chi connectivity index (χ3n) is 4.65. The van der Waals surface area contributed by atoms with Crippen LogP contribution in [-0.2, 0) is 9.53 Å². The molecular formula is C21H21NO4. The summed E-state index contributed by atoms with van der Waals surface area (Å²) in [4.78, 5) is 38.3. The van der Waals surface area contributed by atoms with Crippen LogP contribution in [0, 0.1) is 13.8 Å². The normalized spacial score (nSPS) is 13.8. The average Bonchev–Trinajstić information content (AvgIpc) is 3.07. The number of ketones is 1. The summed E-state index contributed by atoms with van der Waals surface area (Å²) in [6.45, 7) is 4.16. The number of ether oxygens (including phenoxy) is 1. The number of rotatable bonds is 5. The SMILES string of the molecule is Cc1ccc(C(=O)COC(=O)c2ccccc2N2CCCC2=O)cc1C. The summed E-state index contributed by atoms with van der Waals surface area (Å²) < 4.78 is 5.22. The fourth-order valence-corrected chi connectivity index (χ4v) is 2.99. The second-order valence-corrected chi connectivity index (χ2v) is 6.46. The zero-order valence-corrected chi connectivity index (χ0v) is 15.0. The van der Waals surface area contributed by atoms with E-state index in [1.807, 2.05) is 19.9 Å². The number of carbonyl (C=O) groups is 3. The van der Waals surface area contributed by atoms with Crippen molar-refractivity contribution in [1.82, 2.24) is 0 Å². The van der Waals surface area contributed by atoms with Gasteiger partial charge < -0.3 is 9.64 Å². The van der Waals surface area contributed by atoms with E-state index in [4.69, 9.17) is 4.74 Å². The molecule has 1 aliphatic heterocycles. The van der Waals surface area contributed by atoms with E-state index in [-0.39, 0.29) is 18.3 Å². The lowest BCUT2D eigenvalue weighted by Crippen LogP contribution is -2.26. The van der Waals surface area contributed by atoms with Crippen LogP contribution in [0.4, 0.5) is 5.69 Å². The van der Waals surface area contributed by atoms with Gasteiger partial charge in [-0.2, -0.15) is 0 Å². The van der Waals surface area contributed by atoms with Gasteiger partial charge >= 0.3 is 5.97 Å². The monoisotopic (exact) mass is 351 g/mol. The molecule has 0 bridgehead atoms. The molecule has 5 heteroatoms.